The van der Waals surface area contributed by atoms with Gasteiger partial charge >= 0.3 is 0 Å². The van der Waals surface area contributed by atoms with Crippen molar-refractivity contribution in [1.29, 1.82) is 0 Å². The fourth-order valence-corrected chi connectivity index (χ4v) is 1.62. The molecule has 0 saturated heterocycles. The molecule has 0 spiro atoms. The molecule has 0 aliphatic rings. The Morgan fingerprint density at radius 3 is 2.11 bits per heavy atom. The molecular formula is C14H11F3O2. The number of hydrogen-bond acceptors (Lipinski definition) is 2. The average molecular weight is 268 g/mol. The Kier molecular flexibility index (Phi) is 3.76. The summed E-state index contributed by atoms with van der Waals surface area (Å²) < 4.78 is 44.5. The molecule has 0 aromatic heterocycles. The summed E-state index contributed by atoms with van der Waals surface area (Å²) in [6.45, 7) is 1.43. The molecule has 0 fully saturated rings. The SMILES string of the molecule is C[C@@H](O)c1cc(F)ccc1Oc1ccc(F)cc1F. The van der Waals surface area contributed by atoms with Crippen LogP contribution in [-0.4, -0.2) is 5.11 Å². The second-order valence-corrected chi connectivity index (χ2v) is 4.03. The van der Waals surface area contributed by atoms with Crippen molar-refractivity contribution in [2.75, 3.05) is 0 Å². The number of hydrogen-bond donors (Lipinski definition) is 1. The minimum Gasteiger partial charge on any atom is -0.454 e. The molecule has 1 N–H and O–H groups in total. The zero-order valence-corrected chi connectivity index (χ0v) is 10.0. The summed E-state index contributed by atoms with van der Waals surface area (Å²) in [5.74, 6) is -2.22. The van der Waals surface area contributed by atoms with E-state index in [1.165, 1.54) is 13.0 Å². The van der Waals surface area contributed by atoms with E-state index in [9.17, 15) is 18.3 Å². The molecule has 100 valence electrons. The normalized spacial score (nSPS) is 12.3. The van der Waals surface area contributed by atoms with Gasteiger partial charge in [-0.3, -0.25) is 0 Å². The fraction of sp³-hybridized carbons (Fsp3) is 0.143. The second kappa shape index (κ2) is 5.32. The average Bonchev–Trinajstić information content (AvgIpc) is 2.34. The summed E-state index contributed by atoms with van der Waals surface area (Å²) in [4.78, 5) is 0. The zero-order valence-electron chi connectivity index (χ0n) is 10.0. The Bertz CT molecular complexity index is 597. The van der Waals surface area contributed by atoms with Gasteiger partial charge in [0.05, 0.1) is 6.10 Å². The fourth-order valence-electron chi connectivity index (χ4n) is 1.62. The Balaban J connectivity index is 2.38. The smallest absolute Gasteiger partial charge is 0.168 e. The first kappa shape index (κ1) is 13.4. The highest BCUT2D eigenvalue weighted by Gasteiger charge is 2.13. The maximum atomic E-state index is 13.4. The minimum absolute atomic E-state index is 0.113. The van der Waals surface area contributed by atoms with Crippen LogP contribution in [0.1, 0.15) is 18.6 Å². The van der Waals surface area contributed by atoms with Gasteiger partial charge in [-0.2, -0.15) is 0 Å². The van der Waals surface area contributed by atoms with Gasteiger partial charge in [0.1, 0.15) is 17.4 Å². The summed E-state index contributed by atoms with van der Waals surface area (Å²) in [5.41, 5.74) is 0.184. The van der Waals surface area contributed by atoms with Crippen molar-refractivity contribution in [2.24, 2.45) is 0 Å². The molecule has 0 aliphatic carbocycles. The molecule has 0 aliphatic heterocycles. The van der Waals surface area contributed by atoms with E-state index >= 15 is 0 Å². The van der Waals surface area contributed by atoms with E-state index in [4.69, 9.17) is 4.74 Å². The van der Waals surface area contributed by atoms with E-state index < -0.39 is 23.6 Å². The summed E-state index contributed by atoms with van der Waals surface area (Å²) in [5, 5.41) is 9.52. The van der Waals surface area contributed by atoms with Crippen molar-refractivity contribution in [3.05, 3.63) is 59.4 Å². The molecule has 0 saturated carbocycles. The van der Waals surface area contributed by atoms with Crippen LogP contribution in [0.4, 0.5) is 13.2 Å². The van der Waals surface area contributed by atoms with Gasteiger partial charge in [-0.25, -0.2) is 13.2 Å². The molecule has 19 heavy (non-hydrogen) atoms. The second-order valence-electron chi connectivity index (χ2n) is 4.03. The van der Waals surface area contributed by atoms with Crippen LogP contribution in [0.3, 0.4) is 0 Å². The summed E-state index contributed by atoms with van der Waals surface area (Å²) in [6.07, 6.45) is -0.978. The van der Waals surface area contributed by atoms with Crippen LogP contribution >= 0.6 is 0 Å². The van der Waals surface area contributed by atoms with E-state index in [-0.39, 0.29) is 17.1 Å². The van der Waals surface area contributed by atoms with Crippen LogP contribution in [0.15, 0.2) is 36.4 Å². The van der Waals surface area contributed by atoms with Gasteiger partial charge in [-0.15, -0.1) is 0 Å². The van der Waals surface area contributed by atoms with Crippen LogP contribution < -0.4 is 4.74 Å². The van der Waals surface area contributed by atoms with Gasteiger partial charge in [0.25, 0.3) is 0 Å². The lowest BCUT2D eigenvalue weighted by atomic mass is 10.1. The Hall–Kier alpha value is -2.01. The van der Waals surface area contributed by atoms with Crippen LogP contribution in [0, 0.1) is 17.5 Å². The van der Waals surface area contributed by atoms with Gasteiger partial charge in [0.15, 0.2) is 11.6 Å². The van der Waals surface area contributed by atoms with Gasteiger partial charge in [0.2, 0.25) is 0 Å². The molecule has 2 rings (SSSR count). The zero-order chi connectivity index (χ0) is 14.0. The first-order valence-electron chi connectivity index (χ1n) is 5.58. The largest absolute Gasteiger partial charge is 0.454 e. The lowest BCUT2D eigenvalue weighted by Gasteiger charge is -2.13. The molecule has 5 heteroatoms. The topological polar surface area (TPSA) is 29.5 Å². The maximum Gasteiger partial charge on any atom is 0.168 e. The first-order chi connectivity index (χ1) is 8.97. The highest BCUT2D eigenvalue weighted by atomic mass is 19.1. The summed E-state index contributed by atoms with van der Waals surface area (Å²) >= 11 is 0. The lowest BCUT2D eigenvalue weighted by molar-refractivity contribution is 0.195. The van der Waals surface area contributed by atoms with E-state index in [1.54, 1.807) is 0 Å². The Morgan fingerprint density at radius 2 is 1.53 bits per heavy atom. The highest BCUT2D eigenvalue weighted by Crippen LogP contribution is 2.31. The van der Waals surface area contributed by atoms with Crippen molar-refractivity contribution >= 4 is 0 Å². The van der Waals surface area contributed by atoms with E-state index in [0.29, 0.717) is 6.07 Å². The number of aliphatic hydroxyl groups is 1. The van der Waals surface area contributed by atoms with E-state index in [1.807, 2.05) is 0 Å². The molecule has 0 radical (unpaired) electrons. The maximum absolute atomic E-state index is 13.4. The van der Waals surface area contributed by atoms with Crippen molar-refractivity contribution in [3.63, 3.8) is 0 Å². The monoisotopic (exact) mass is 268 g/mol. The molecule has 0 heterocycles. The van der Waals surface area contributed by atoms with Gasteiger partial charge in [-0.1, -0.05) is 0 Å². The third kappa shape index (κ3) is 3.06. The molecule has 2 aromatic rings. The minimum atomic E-state index is -0.978. The van der Waals surface area contributed by atoms with Gasteiger partial charge in [-0.05, 0) is 37.3 Å². The molecule has 0 bridgehead atoms. The Labute approximate surface area is 108 Å². The summed E-state index contributed by atoms with van der Waals surface area (Å²) in [7, 11) is 0. The number of halogens is 3. The van der Waals surface area contributed by atoms with Crippen molar-refractivity contribution < 1.29 is 23.0 Å². The predicted molar refractivity (Wildman–Crippen MR) is 63.5 cm³/mol. The van der Waals surface area contributed by atoms with Gasteiger partial charge < -0.3 is 9.84 Å². The van der Waals surface area contributed by atoms with Crippen molar-refractivity contribution in [2.45, 2.75) is 13.0 Å². The molecule has 0 unspecified atom stereocenters. The molecule has 2 nitrogen and oxygen atoms in total. The van der Waals surface area contributed by atoms with Crippen LogP contribution in [0.25, 0.3) is 0 Å². The number of rotatable bonds is 3. The molecule has 1 atom stereocenters. The third-order valence-electron chi connectivity index (χ3n) is 2.54. The van der Waals surface area contributed by atoms with E-state index in [2.05, 4.69) is 0 Å². The van der Waals surface area contributed by atoms with Crippen molar-refractivity contribution in [3.8, 4) is 11.5 Å². The molecule has 0 amide bonds. The summed E-state index contributed by atoms with van der Waals surface area (Å²) in [6, 6.07) is 6.36. The van der Waals surface area contributed by atoms with Crippen LogP contribution in [-0.2, 0) is 0 Å². The Morgan fingerprint density at radius 1 is 0.947 bits per heavy atom. The number of benzene rings is 2. The first-order valence-corrected chi connectivity index (χ1v) is 5.58. The van der Waals surface area contributed by atoms with Crippen LogP contribution in [0.2, 0.25) is 0 Å². The molecular weight excluding hydrogens is 257 g/mol. The third-order valence-corrected chi connectivity index (χ3v) is 2.54. The lowest BCUT2D eigenvalue weighted by Crippen LogP contribution is -1.98. The molecule has 2 aromatic carbocycles. The number of ether oxygens (including phenoxy) is 1. The standard InChI is InChI=1S/C14H11F3O2/c1-8(18)11-6-9(15)2-4-13(11)19-14-5-3-10(16)7-12(14)17/h2-8,18H,1H3/t8-/m1/s1. The quantitative estimate of drug-likeness (QED) is 0.913. The van der Waals surface area contributed by atoms with E-state index in [0.717, 1.165) is 24.3 Å². The van der Waals surface area contributed by atoms with Crippen LogP contribution in [0.5, 0.6) is 11.5 Å². The number of aliphatic hydroxyl groups excluding tert-OH is 1. The van der Waals surface area contributed by atoms with Crippen molar-refractivity contribution in [1.82, 2.24) is 0 Å². The predicted octanol–water partition coefficient (Wildman–Crippen LogP) is 3.95. The van der Waals surface area contributed by atoms with Gasteiger partial charge in [0, 0.05) is 11.6 Å². The highest BCUT2D eigenvalue weighted by molar-refractivity contribution is 5.39.